The van der Waals surface area contributed by atoms with Crippen LogP contribution in [-0.4, -0.2) is 47.9 Å². The van der Waals surface area contributed by atoms with E-state index in [1.165, 1.54) is 0 Å². The van der Waals surface area contributed by atoms with Gasteiger partial charge in [0.05, 0.1) is 5.60 Å². The van der Waals surface area contributed by atoms with Gasteiger partial charge in [-0.2, -0.15) is 5.26 Å². The Hall–Kier alpha value is -2.92. The number of aromatic nitrogens is 5. The third-order valence-corrected chi connectivity index (χ3v) is 4.76. The summed E-state index contributed by atoms with van der Waals surface area (Å²) in [5.41, 5.74) is 0.316. The second-order valence-electron chi connectivity index (χ2n) is 6.61. The summed E-state index contributed by atoms with van der Waals surface area (Å²) in [6.45, 7) is 1.18. The predicted molar refractivity (Wildman–Crippen MR) is 91.0 cm³/mol. The normalized spacial score (nSPS) is 20.8. The third-order valence-electron chi connectivity index (χ3n) is 4.76. The largest absolute Gasteiger partial charge is 0.388 e. The Labute approximate surface area is 145 Å². The third kappa shape index (κ3) is 2.72. The van der Waals surface area contributed by atoms with Crippen LogP contribution in [-0.2, 0) is 13.5 Å². The van der Waals surface area contributed by atoms with E-state index in [2.05, 4.69) is 21.3 Å². The highest BCUT2D eigenvalue weighted by molar-refractivity contribution is 5.60. The molecule has 1 atom stereocenters. The Morgan fingerprint density at radius 3 is 3.04 bits per heavy atom. The van der Waals surface area contributed by atoms with Gasteiger partial charge in [-0.3, -0.25) is 4.40 Å². The Kier molecular flexibility index (Phi) is 3.66. The Bertz CT molecular complexity index is 953. The Morgan fingerprint density at radius 2 is 2.28 bits per heavy atom. The number of hydrogen-bond acceptors (Lipinski definition) is 6. The van der Waals surface area contributed by atoms with Gasteiger partial charge in [-0.25, -0.2) is 4.98 Å². The fourth-order valence-electron chi connectivity index (χ4n) is 3.51. The maximum Gasteiger partial charge on any atom is 0.169 e. The maximum absolute atomic E-state index is 11.1. The monoisotopic (exact) mass is 337 g/mol. The van der Waals surface area contributed by atoms with E-state index >= 15 is 0 Å². The average molecular weight is 337 g/mol. The van der Waals surface area contributed by atoms with Gasteiger partial charge in [0.2, 0.25) is 0 Å². The lowest BCUT2D eigenvalue weighted by atomic mass is 9.89. The van der Waals surface area contributed by atoms with Crippen molar-refractivity contribution >= 4 is 11.5 Å². The molecule has 1 fully saturated rings. The minimum Gasteiger partial charge on any atom is -0.388 e. The van der Waals surface area contributed by atoms with Crippen LogP contribution in [0.3, 0.4) is 0 Å². The quantitative estimate of drug-likeness (QED) is 0.763. The zero-order valence-electron chi connectivity index (χ0n) is 14.0. The van der Waals surface area contributed by atoms with Gasteiger partial charge in [0, 0.05) is 32.8 Å². The first-order valence-electron chi connectivity index (χ1n) is 8.27. The number of piperidine rings is 1. The van der Waals surface area contributed by atoms with Crippen LogP contribution in [0.5, 0.6) is 0 Å². The van der Waals surface area contributed by atoms with Crippen LogP contribution >= 0.6 is 0 Å². The van der Waals surface area contributed by atoms with Crippen molar-refractivity contribution in [1.82, 2.24) is 24.1 Å². The van der Waals surface area contributed by atoms with Crippen molar-refractivity contribution in [2.45, 2.75) is 24.9 Å². The summed E-state index contributed by atoms with van der Waals surface area (Å²) in [4.78, 5) is 6.61. The molecule has 128 valence electrons. The minimum absolute atomic E-state index is 0.415. The van der Waals surface area contributed by atoms with E-state index in [-0.39, 0.29) is 0 Å². The first-order chi connectivity index (χ1) is 12.1. The number of pyridine rings is 1. The van der Waals surface area contributed by atoms with Crippen LogP contribution in [0.2, 0.25) is 0 Å². The van der Waals surface area contributed by atoms with Gasteiger partial charge in [-0.05, 0) is 25.0 Å². The number of anilines is 1. The molecule has 1 aliphatic heterocycles. The molecule has 1 unspecified atom stereocenters. The number of aryl methyl sites for hydroxylation is 1. The lowest BCUT2D eigenvalue weighted by molar-refractivity contribution is 0.0236. The first kappa shape index (κ1) is 15.6. The van der Waals surface area contributed by atoms with E-state index in [1.54, 1.807) is 10.7 Å². The second kappa shape index (κ2) is 5.86. The molecule has 1 saturated heterocycles. The molecule has 1 aliphatic rings. The molecule has 0 amide bonds. The van der Waals surface area contributed by atoms with Gasteiger partial charge in [0.25, 0.3) is 0 Å². The summed E-state index contributed by atoms with van der Waals surface area (Å²) in [6.07, 6.45) is 5.41. The molecular formula is C17H19N7O. The molecule has 0 aromatic carbocycles. The van der Waals surface area contributed by atoms with Crippen LogP contribution in [0, 0.1) is 11.3 Å². The number of fused-ring (bicyclic) bond motifs is 1. The molecule has 0 bridgehead atoms. The van der Waals surface area contributed by atoms with E-state index in [4.69, 9.17) is 0 Å². The van der Waals surface area contributed by atoms with Crippen LogP contribution in [0.15, 0.2) is 30.7 Å². The van der Waals surface area contributed by atoms with Gasteiger partial charge >= 0.3 is 0 Å². The van der Waals surface area contributed by atoms with Crippen molar-refractivity contribution in [3.05, 3.63) is 42.2 Å². The summed E-state index contributed by atoms with van der Waals surface area (Å²) < 4.78 is 3.61. The fourth-order valence-corrected chi connectivity index (χ4v) is 3.51. The van der Waals surface area contributed by atoms with Gasteiger partial charge in [-0.1, -0.05) is 6.07 Å². The molecule has 4 rings (SSSR count). The number of rotatable bonds is 3. The topological polar surface area (TPSA) is 95.3 Å². The van der Waals surface area contributed by atoms with Crippen molar-refractivity contribution < 1.29 is 5.11 Å². The minimum atomic E-state index is -0.915. The number of β-amino-alcohol motifs (C(OH)–C–C–N with tert-alkyl or cyclic N) is 1. The van der Waals surface area contributed by atoms with Crippen molar-refractivity contribution in [3.8, 4) is 6.07 Å². The molecule has 0 spiro atoms. The molecule has 3 aromatic rings. The first-order valence-corrected chi connectivity index (χ1v) is 8.27. The average Bonchev–Trinajstić information content (AvgIpc) is 3.18. The molecule has 8 heteroatoms. The summed E-state index contributed by atoms with van der Waals surface area (Å²) in [5.74, 6) is 1.38. The number of aliphatic hydroxyl groups is 1. The van der Waals surface area contributed by atoms with Gasteiger partial charge in [0.15, 0.2) is 11.5 Å². The van der Waals surface area contributed by atoms with E-state index in [1.807, 2.05) is 40.9 Å². The van der Waals surface area contributed by atoms with Crippen molar-refractivity contribution in [2.24, 2.45) is 7.05 Å². The number of imidazole rings is 1. The second-order valence-corrected chi connectivity index (χ2v) is 6.61. The van der Waals surface area contributed by atoms with Crippen LogP contribution < -0.4 is 4.90 Å². The molecule has 4 heterocycles. The van der Waals surface area contributed by atoms with Crippen molar-refractivity contribution in [3.63, 3.8) is 0 Å². The van der Waals surface area contributed by atoms with Crippen LogP contribution in [0.25, 0.3) is 5.65 Å². The number of nitrogens with zero attached hydrogens (tertiary/aromatic N) is 7. The summed E-state index contributed by atoms with van der Waals surface area (Å²) >= 11 is 0. The predicted octanol–water partition coefficient (Wildman–Crippen LogP) is 0.908. The van der Waals surface area contributed by atoms with Gasteiger partial charge in [0.1, 0.15) is 23.9 Å². The molecule has 8 nitrogen and oxygen atoms in total. The Morgan fingerprint density at radius 1 is 1.40 bits per heavy atom. The van der Waals surface area contributed by atoms with Gasteiger partial charge in [-0.15, -0.1) is 10.2 Å². The van der Waals surface area contributed by atoms with Crippen LogP contribution in [0.1, 0.15) is 24.4 Å². The standard InChI is InChI=1S/C17H19N7O/c1-22-12-19-21-15(22)9-17(25)6-4-7-23(11-17)16-13(10-18)24-8-3-2-5-14(24)20-16/h2-3,5,8,12,25H,4,6-7,9,11H2,1H3. The van der Waals surface area contributed by atoms with Crippen molar-refractivity contribution in [2.75, 3.05) is 18.0 Å². The lowest BCUT2D eigenvalue weighted by Crippen LogP contribution is -2.50. The molecule has 1 N–H and O–H groups in total. The molecule has 0 saturated carbocycles. The maximum atomic E-state index is 11.1. The fraction of sp³-hybridized carbons (Fsp3) is 0.412. The van der Waals surface area contributed by atoms with Crippen LogP contribution in [0.4, 0.5) is 5.82 Å². The van der Waals surface area contributed by atoms with E-state index in [9.17, 15) is 10.4 Å². The highest BCUT2D eigenvalue weighted by Crippen LogP contribution is 2.30. The highest BCUT2D eigenvalue weighted by Gasteiger charge is 2.36. The summed E-state index contributed by atoms with van der Waals surface area (Å²) in [7, 11) is 1.87. The smallest absolute Gasteiger partial charge is 0.169 e. The lowest BCUT2D eigenvalue weighted by Gasteiger charge is -2.39. The summed E-state index contributed by atoms with van der Waals surface area (Å²) in [6, 6.07) is 7.90. The molecular weight excluding hydrogens is 318 g/mol. The molecule has 0 aliphatic carbocycles. The molecule has 3 aromatic heterocycles. The summed E-state index contributed by atoms with van der Waals surface area (Å²) in [5, 5.41) is 28.7. The van der Waals surface area contributed by atoms with Gasteiger partial charge < -0.3 is 14.6 Å². The zero-order valence-corrected chi connectivity index (χ0v) is 14.0. The van der Waals surface area contributed by atoms with Crippen molar-refractivity contribution in [1.29, 1.82) is 5.26 Å². The number of nitriles is 1. The Balaban J connectivity index is 1.65. The highest BCUT2D eigenvalue weighted by atomic mass is 16.3. The zero-order chi connectivity index (χ0) is 17.4. The molecule has 25 heavy (non-hydrogen) atoms. The van der Waals surface area contributed by atoms with E-state index in [0.717, 1.165) is 24.4 Å². The SMILES string of the molecule is Cn1cnnc1CC1(O)CCCN(c2nc3ccccn3c2C#N)C1. The number of hydrogen-bond donors (Lipinski definition) is 1. The molecule has 0 radical (unpaired) electrons. The van der Waals surface area contributed by atoms with E-state index in [0.29, 0.717) is 30.9 Å². The van der Waals surface area contributed by atoms with E-state index < -0.39 is 5.60 Å².